The van der Waals surface area contributed by atoms with Crippen molar-refractivity contribution in [1.82, 2.24) is 15.0 Å². The SMILES string of the molecule is Nc1cc(-c2ccc3ncnc(N4CCN(c5ccccc5)CC4)c3c2)ccn1. The van der Waals surface area contributed by atoms with Crippen LogP contribution in [0.5, 0.6) is 0 Å². The minimum atomic E-state index is 0.518. The summed E-state index contributed by atoms with van der Waals surface area (Å²) in [4.78, 5) is 18.0. The standard InChI is InChI=1S/C23H22N6/c24-22-15-18(8-9-25-22)17-6-7-21-20(14-17)23(27-16-26-21)29-12-10-28(11-13-29)19-4-2-1-3-5-19/h1-9,14-16H,10-13H2,(H2,24,25). The molecule has 0 atom stereocenters. The lowest BCUT2D eigenvalue weighted by atomic mass is 10.0. The fourth-order valence-corrected chi connectivity index (χ4v) is 3.92. The summed E-state index contributed by atoms with van der Waals surface area (Å²) in [5.74, 6) is 1.51. The number of fused-ring (bicyclic) bond motifs is 1. The van der Waals surface area contributed by atoms with E-state index in [0.29, 0.717) is 5.82 Å². The van der Waals surface area contributed by atoms with E-state index in [1.807, 2.05) is 18.2 Å². The summed E-state index contributed by atoms with van der Waals surface area (Å²) in [7, 11) is 0. The summed E-state index contributed by atoms with van der Waals surface area (Å²) < 4.78 is 0. The van der Waals surface area contributed by atoms with Crippen molar-refractivity contribution in [2.24, 2.45) is 0 Å². The van der Waals surface area contributed by atoms with Gasteiger partial charge in [-0.3, -0.25) is 0 Å². The number of hydrogen-bond donors (Lipinski definition) is 1. The number of para-hydroxylation sites is 1. The number of hydrogen-bond acceptors (Lipinski definition) is 6. The van der Waals surface area contributed by atoms with Gasteiger partial charge >= 0.3 is 0 Å². The molecule has 0 saturated carbocycles. The molecule has 3 heterocycles. The molecule has 0 amide bonds. The first-order valence-corrected chi connectivity index (χ1v) is 9.79. The Bertz CT molecular complexity index is 1140. The lowest BCUT2D eigenvalue weighted by molar-refractivity contribution is 0.649. The van der Waals surface area contributed by atoms with Crippen LogP contribution in [0, 0.1) is 0 Å². The quantitative estimate of drug-likeness (QED) is 0.584. The van der Waals surface area contributed by atoms with E-state index in [0.717, 1.165) is 54.0 Å². The third kappa shape index (κ3) is 3.45. The number of rotatable bonds is 3. The number of nitrogens with zero attached hydrogens (tertiary/aromatic N) is 5. The van der Waals surface area contributed by atoms with Crippen LogP contribution in [0.1, 0.15) is 0 Å². The average molecular weight is 382 g/mol. The molecule has 144 valence electrons. The van der Waals surface area contributed by atoms with Crippen molar-refractivity contribution in [2.45, 2.75) is 0 Å². The first-order valence-electron chi connectivity index (χ1n) is 9.79. The molecule has 2 N–H and O–H groups in total. The molecule has 0 spiro atoms. The summed E-state index contributed by atoms with van der Waals surface area (Å²) in [6.45, 7) is 3.78. The molecule has 0 aliphatic carbocycles. The third-order valence-corrected chi connectivity index (χ3v) is 5.43. The van der Waals surface area contributed by atoms with Gasteiger partial charge in [0, 0.05) is 43.4 Å². The molecule has 0 unspecified atom stereocenters. The van der Waals surface area contributed by atoms with Gasteiger partial charge in [-0.25, -0.2) is 15.0 Å². The van der Waals surface area contributed by atoms with Crippen LogP contribution in [0.2, 0.25) is 0 Å². The summed E-state index contributed by atoms with van der Waals surface area (Å²) in [5, 5.41) is 1.06. The molecule has 0 radical (unpaired) electrons. The highest BCUT2D eigenvalue weighted by Gasteiger charge is 2.20. The van der Waals surface area contributed by atoms with Gasteiger partial charge in [-0.15, -0.1) is 0 Å². The maximum Gasteiger partial charge on any atom is 0.140 e. The van der Waals surface area contributed by atoms with Crippen LogP contribution in [0.4, 0.5) is 17.3 Å². The van der Waals surface area contributed by atoms with Crippen LogP contribution >= 0.6 is 0 Å². The average Bonchev–Trinajstić information content (AvgIpc) is 2.79. The zero-order chi connectivity index (χ0) is 19.6. The molecule has 2 aromatic heterocycles. The molecule has 1 fully saturated rings. The number of pyridine rings is 1. The van der Waals surface area contributed by atoms with E-state index in [2.05, 4.69) is 67.2 Å². The maximum atomic E-state index is 5.87. The van der Waals surface area contributed by atoms with E-state index in [-0.39, 0.29) is 0 Å². The second-order valence-electron chi connectivity index (χ2n) is 7.21. The van der Waals surface area contributed by atoms with E-state index in [1.165, 1.54) is 5.69 Å². The summed E-state index contributed by atoms with van der Waals surface area (Å²) >= 11 is 0. The van der Waals surface area contributed by atoms with Gasteiger partial charge in [0.2, 0.25) is 0 Å². The van der Waals surface area contributed by atoms with Gasteiger partial charge in [-0.1, -0.05) is 24.3 Å². The normalized spacial score (nSPS) is 14.3. The minimum Gasteiger partial charge on any atom is -0.384 e. The number of nitrogens with two attached hydrogens (primary N) is 1. The van der Waals surface area contributed by atoms with Crippen molar-refractivity contribution in [3.8, 4) is 11.1 Å². The Morgan fingerprint density at radius 2 is 1.48 bits per heavy atom. The Labute approximate surface area is 169 Å². The third-order valence-electron chi connectivity index (χ3n) is 5.43. The minimum absolute atomic E-state index is 0.518. The van der Waals surface area contributed by atoms with E-state index in [1.54, 1.807) is 12.5 Å². The molecule has 1 aliphatic heterocycles. The lowest BCUT2D eigenvalue weighted by Gasteiger charge is -2.37. The summed E-state index contributed by atoms with van der Waals surface area (Å²) in [6.07, 6.45) is 3.39. The molecule has 1 saturated heterocycles. The number of nitrogen functional groups attached to an aromatic ring is 1. The maximum absolute atomic E-state index is 5.87. The van der Waals surface area contributed by atoms with E-state index in [9.17, 15) is 0 Å². The Morgan fingerprint density at radius 3 is 2.28 bits per heavy atom. The van der Waals surface area contributed by atoms with Crippen molar-refractivity contribution in [3.63, 3.8) is 0 Å². The topological polar surface area (TPSA) is 71.2 Å². The number of anilines is 3. The van der Waals surface area contributed by atoms with Gasteiger partial charge in [0.05, 0.1) is 5.52 Å². The van der Waals surface area contributed by atoms with Crippen molar-refractivity contribution < 1.29 is 0 Å². The fraction of sp³-hybridized carbons (Fsp3) is 0.174. The van der Waals surface area contributed by atoms with Crippen LogP contribution in [0.15, 0.2) is 73.2 Å². The van der Waals surface area contributed by atoms with E-state index >= 15 is 0 Å². The van der Waals surface area contributed by atoms with Crippen LogP contribution in [0.3, 0.4) is 0 Å². The van der Waals surface area contributed by atoms with E-state index < -0.39 is 0 Å². The molecule has 0 bridgehead atoms. The Morgan fingerprint density at radius 1 is 0.724 bits per heavy atom. The second-order valence-corrected chi connectivity index (χ2v) is 7.21. The lowest BCUT2D eigenvalue weighted by Crippen LogP contribution is -2.46. The number of piperazine rings is 1. The summed E-state index contributed by atoms with van der Waals surface area (Å²) in [6, 6.07) is 20.7. The zero-order valence-electron chi connectivity index (χ0n) is 16.1. The Kier molecular flexibility index (Phi) is 4.44. The Balaban J connectivity index is 1.45. The molecule has 4 aromatic rings. The van der Waals surface area contributed by atoms with Crippen molar-refractivity contribution in [1.29, 1.82) is 0 Å². The van der Waals surface area contributed by atoms with Crippen LogP contribution < -0.4 is 15.5 Å². The highest BCUT2D eigenvalue weighted by atomic mass is 15.3. The number of aromatic nitrogens is 3. The van der Waals surface area contributed by atoms with Crippen LogP contribution in [0.25, 0.3) is 22.0 Å². The van der Waals surface area contributed by atoms with Crippen LogP contribution in [-0.2, 0) is 0 Å². The van der Waals surface area contributed by atoms with E-state index in [4.69, 9.17) is 5.73 Å². The molecule has 29 heavy (non-hydrogen) atoms. The smallest absolute Gasteiger partial charge is 0.140 e. The highest BCUT2D eigenvalue weighted by Crippen LogP contribution is 2.30. The highest BCUT2D eigenvalue weighted by molar-refractivity contribution is 5.93. The first kappa shape index (κ1) is 17.4. The fourth-order valence-electron chi connectivity index (χ4n) is 3.92. The molecule has 2 aromatic carbocycles. The van der Waals surface area contributed by atoms with Gasteiger partial charge in [-0.05, 0) is 47.5 Å². The van der Waals surface area contributed by atoms with Gasteiger partial charge in [0.15, 0.2) is 0 Å². The molecule has 1 aliphatic rings. The molecular formula is C23H22N6. The van der Waals surface area contributed by atoms with Gasteiger partial charge in [-0.2, -0.15) is 0 Å². The van der Waals surface area contributed by atoms with Crippen molar-refractivity contribution in [2.75, 3.05) is 41.7 Å². The molecular weight excluding hydrogens is 360 g/mol. The van der Waals surface area contributed by atoms with Crippen molar-refractivity contribution >= 4 is 28.2 Å². The van der Waals surface area contributed by atoms with Crippen molar-refractivity contribution in [3.05, 3.63) is 73.2 Å². The molecule has 6 heteroatoms. The van der Waals surface area contributed by atoms with Gasteiger partial charge in [0.1, 0.15) is 18.0 Å². The first-order chi connectivity index (χ1) is 14.3. The second kappa shape index (κ2) is 7.39. The van der Waals surface area contributed by atoms with Crippen LogP contribution in [-0.4, -0.2) is 41.1 Å². The number of benzene rings is 2. The predicted molar refractivity (Wildman–Crippen MR) is 118 cm³/mol. The molecule has 5 rings (SSSR count). The van der Waals surface area contributed by atoms with Gasteiger partial charge in [0.25, 0.3) is 0 Å². The van der Waals surface area contributed by atoms with Gasteiger partial charge < -0.3 is 15.5 Å². The zero-order valence-corrected chi connectivity index (χ0v) is 16.1. The summed E-state index contributed by atoms with van der Waals surface area (Å²) in [5.41, 5.74) is 10.2. The Hall–Kier alpha value is -3.67. The molecule has 6 nitrogen and oxygen atoms in total. The monoisotopic (exact) mass is 382 g/mol. The predicted octanol–water partition coefficient (Wildman–Crippen LogP) is 3.60. The largest absolute Gasteiger partial charge is 0.384 e.